The molecule has 0 spiro atoms. The number of aryl methyl sites for hydroxylation is 1. The van der Waals surface area contributed by atoms with Crippen molar-refractivity contribution in [3.8, 4) is 5.75 Å². The molecular weight excluding hydrogens is 188 g/mol. The first kappa shape index (κ1) is 11.6. The number of hydrogen-bond donors (Lipinski definition) is 0. The lowest BCUT2D eigenvalue weighted by atomic mass is 10.4. The van der Waals surface area contributed by atoms with Gasteiger partial charge in [0.15, 0.2) is 0 Å². The van der Waals surface area contributed by atoms with Gasteiger partial charge in [0.1, 0.15) is 11.4 Å². The average Bonchev–Trinajstić information content (AvgIpc) is 2.64. The summed E-state index contributed by atoms with van der Waals surface area (Å²) in [6.45, 7) is 8.69. The van der Waals surface area contributed by atoms with Crippen LogP contribution < -0.4 is 4.74 Å². The van der Waals surface area contributed by atoms with Crippen molar-refractivity contribution in [1.82, 2.24) is 9.38 Å². The average molecular weight is 206 g/mol. The lowest BCUT2D eigenvalue weighted by molar-refractivity contribution is 0.340. The van der Waals surface area contributed by atoms with Crippen LogP contribution in [0, 0.1) is 6.92 Å². The molecule has 2 rings (SSSR count). The number of aromatic nitrogens is 2. The number of pyridine rings is 1. The van der Waals surface area contributed by atoms with Crippen LogP contribution in [-0.2, 0) is 0 Å². The minimum absolute atomic E-state index is 0.690. The Morgan fingerprint density at radius 1 is 1.40 bits per heavy atom. The van der Waals surface area contributed by atoms with Gasteiger partial charge in [-0.3, -0.25) is 0 Å². The van der Waals surface area contributed by atoms with Gasteiger partial charge in [0, 0.05) is 24.2 Å². The van der Waals surface area contributed by atoms with E-state index in [1.54, 1.807) is 0 Å². The van der Waals surface area contributed by atoms with Crippen LogP contribution in [0.15, 0.2) is 24.5 Å². The summed E-state index contributed by atoms with van der Waals surface area (Å²) in [4.78, 5) is 4.24. The van der Waals surface area contributed by atoms with Crippen molar-refractivity contribution in [2.45, 2.75) is 27.7 Å². The van der Waals surface area contributed by atoms with Gasteiger partial charge in [-0.1, -0.05) is 13.8 Å². The predicted molar refractivity (Wildman–Crippen MR) is 62.4 cm³/mol. The molecule has 0 aliphatic rings. The van der Waals surface area contributed by atoms with Crippen molar-refractivity contribution in [3.63, 3.8) is 0 Å². The van der Waals surface area contributed by atoms with Crippen LogP contribution in [0.3, 0.4) is 0 Å². The molecule has 0 atom stereocenters. The van der Waals surface area contributed by atoms with Crippen molar-refractivity contribution < 1.29 is 4.74 Å². The smallest absolute Gasteiger partial charge is 0.140 e. The number of rotatable bonds is 2. The van der Waals surface area contributed by atoms with E-state index >= 15 is 0 Å². The van der Waals surface area contributed by atoms with E-state index in [9.17, 15) is 0 Å². The quantitative estimate of drug-likeness (QED) is 0.755. The maximum Gasteiger partial charge on any atom is 0.140 e. The van der Waals surface area contributed by atoms with Gasteiger partial charge in [-0.2, -0.15) is 0 Å². The molecule has 3 heteroatoms. The van der Waals surface area contributed by atoms with Crippen LogP contribution in [0.25, 0.3) is 5.65 Å². The Kier molecular flexibility index (Phi) is 4.16. The molecule has 2 aromatic rings. The van der Waals surface area contributed by atoms with Crippen LogP contribution in [0.1, 0.15) is 26.5 Å². The Morgan fingerprint density at radius 2 is 2.13 bits per heavy atom. The van der Waals surface area contributed by atoms with Crippen LogP contribution in [0.4, 0.5) is 0 Å². The fourth-order valence-electron chi connectivity index (χ4n) is 1.35. The predicted octanol–water partition coefficient (Wildman–Crippen LogP) is 3.07. The highest BCUT2D eigenvalue weighted by atomic mass is 16.5. The van der Waals surface area contributed by atoms with Crippen molar-refractivity contribution >= 4 is 5.65 Å². The lowest BCUT2D eigenvalue weighted by Crippen LogP contribution is -1.93. The second kappa shape index (κ2) is 5.39. The Morgan fingerprint density at radius 3 is 2.80 bits per heavy atom. The topological polar surface area (TPSA) is 26.5 Å². The number of fused-ring (bicyclic) bond motifs is 1. The second-order valence-electron chi connectivity index (χ2n) is 2.92. The monoisotopic (exact) mass is 206 g/mol. The van der Waals surface area contributed by atoms with Gasteiger partial charge in [0.2, 0.25) is 0 Å². The molecule has 0 saturated heterocycles. The van der Waals surface area contributed by atoms with Gasteiger partial charge < -0.3 is 9.14 Å². The Labute approximate surface area is 90.7 Å². The molecule has 0 saturated carbocycles. The third kappa shape index (κ3) is 2.49. The second-order valence-corrected chi connectivity index (χ2v) is 2.92. The van der Waals surface area contributed by atoms with Crippen LogP contribution in [0.5, 0.6) is 5.75 Å². The van der Waals surface area contributed by atoms with Crippen molar-refractivity contribution in [1.29, 1.82) is 0 Å². The third-order valence-electron chi connectivity index (χ3n) is 1.98. The molecule has 3 nitrogen and oxygen atoms in total. The van der Waals surface area contributed by atoms with E-state index < -0.39 is 0 Å². The lowest BCUT2D eigenvalue weighted by Gasteiger charge is -2.02. The molecule has 0 unspecified atom stereocenters. The zero-order valence-corrected chi connectivity index (χ0v) is 9.82. The molecule has 0 aliphatic carbocycles. The molecule has 0 N–H and O–H groups in total. The SMILES string of the molecule is CC.CCOc1ccn2c(C)cnc2c1. The molecule has 0 aromatic carbocycles. The molecule has 2 aromatic heterocycles. The fourth-order valence-corrected chi connectivity index (χ4v) is 1.35. The van der Waals surface area contributed by atoms with Gasteiger partial charge in [0.05, 0.1) is 6.61 Å². The third-order valence-corrected chi connectivity index (χ3v) is 1.98. The van der Waals surface area contributed by atoms with E-state index in [4.69, 9.17) is 4.74 Å². The molecule has 0 aliphatic heterocycles. The zero-order chi connectivity index (χ0) is 11.3. The number of nitrogens with zero attached hydrogens (tertiary/aromatic N) is 2. The first-order valence-corrected chi connectivity index (χ1v) is 5.38. The van der Waals surface area contributed by atoms with Crippen LogP contribution in [-0.4, -0.2) is 16.0 Å². The minimum Gasteiger partial charge on any atom is -0.494 e. The molecule has 0 amide bonds. The van der Waals surface area contributed by atoms with Gasteiger partial charge in [-0.05, 0) is 19.9 Å². The van der Waals surface area contributed by atoms with E-state index in [0.717, 1.165) is 17.1 Å². The molecule has 0 radical (unpaired) electrons. The van der Waals surface area contributed by atoms with E-state index in [-0.39, 0.29) is 0 Å². The summed E-state index contributed by atoms with van der Waals surface area (Å²) in [6, 6.07) is 3.89. The molecular formula is C12H18N2O. The normalized spacial score (nSPS) is 9.60. The Hall–Kier alpha value is -1.51. The van der Waals surface area contributed by atoms with Gasteiger partial charge in [-0.15, -0.1) is 0 Å². The zero-order valence-electron chi connectivity index (χ0n) is 9.82. The van der Waals surface area contributed by atoms with Crippen molar-refractivity contribution in [2.24, 2.45) is 0 Å². The van der Waals surface area contributed by atoms with Gasteiger partial charge >= 0.3 is 0 Å². The largest absolute Gasteiger partial charge is 0.494 e. The Balaban J connectivity index is 0.000000531. The summed E-state index contributed by atoms with van der Waals surface area (Å²) in [7, 11) is 0. The number of hydrogen-bond acceptors (Lipinski definition) is 2. The molecule has 15 heavy (non-hydrogen) atoms. The van der Waals surface area contributed by atoms with Gasteiger partial charge in [0.25, 0.3) is 0 Å². The van der Waals surface area contributed by atoms with E-state index in [1.165, 1.54) is 0 Å². The van der Waals surface area contributed by atoms with Crippen LogP contribution >= 0.6 is 0 Å². The number of ether oxygens (including phenoxy) is 1. The molecule has 0 fully saturated rings. The number of imidazole rings is 1. The van der Waals surface area contributed by atoms with E-state index in [2.05, 4.69) is 4.98 Å². The summed E-state index contributed by atoms with van der Waals surface area (Å²) < 4.78 is 7.40. The summed E-state index contributed by atoms with van der Waals surface area (Å²) in [5.74, 6) is 0.876. The highest BCUT2D eigenvalue weighted by Gasteiger charge is 1.99. The fraction of sp³-hybridized carbons (Fsp3) is 0.417. The summed E-state index contributed by atoms with van der Waals surface area (Å²) in [6.07, 6.45) is 3.83. The Bertz CT molecular complexity index is 420. The standard InChI is InChI=1S/C10H12N2O.C2H6/c1-3-13-9-4-5-12-8(2)7-11-10(12)6-9;1-2/h4-7H,3H2,1-2H3;1-2H3. The van der Waals surface area contributed by atoms with Crippen molar-refractivity contribution in [2.75, 3.05) is 6.61 Å². The van der Waals surface area contributed by atoms with E-state index in [0.29, 0.717) is 6.61 Å². The summed E-state index contributed by atoms with van der Waals surface area (Å²) in [5.41, 5.74) is 2.07. The minimum atomic E-state index is 0.690. The first-order chi connectivity index (χ1) is 7.31. The summed E-state index contributed by atoms with van der Waals surface area (Å²) >= 11 is 0. The first-order valence-electron chi connectivity index (χ1n) is 5.38. The highest BCUT2D eigenvalue weighted by molar-refractivity contribution is 5.45. The summed E-state index contributed by atoms with van der Waals surface area (Å²) in [5, 5.41) is 0. The highest BCUT2D eigenvalue weighted by Crippen LogP contribution is 2.14. The maximum atomic E-state index is 5.37. The van der Waals surface area contributed by atoms with Crippen LogP contribution in [0.2, 0.25) is 0 Å². The molecule has 2 heterocycles. The van der Waals surface area contributed by atoms with E-state index in [1.807, 2.05) is 56.6 Å². The molecule has 82 valence electrons. The van der Waals surface area contributed by atoms with Gasteiger partial charge in [-0.25, -0.2) is 4.98 Å². The van der Waals surface area contributed by atoms with Crippen molar-refractivity contribution in [3.05, 3.63) is 30.2 Å². The molecule has 0 bridgehead atoms. The maximum absolute atomic E-state index is 5.37.